The second-order valence-electron chi connectivity index (χ2n) is 2.88. The molecule has 0 saturated carbocycles. The van der Waals surface area contributed by atoms with Crippen molar-refractivity contribution in [2.24, 2.45) is 7.05 Å². The summed E-state index contributed by atoms with van der Waals surface area (Å²) in [4.78, 5) is 1.85. The van der Waals surface area contributed by atoms with Gasteiger partial charge < -0.3 is 0 Å². The average molecular weight is 237 g/mol. The largest absolute Gasteiger partial charge is 0.268 e. The third-order valence-electron chi connectivity index (χ3n) is 2.03. The van der Waals surface area contributed by atoms with Crippen LogP contribution in [0.15, 0.2) is 29.4 Å². The molecule has 0 saturated heterocycles. The summed E-state index contributed by atoms with van der Waals surface area (Å²) in [5.41, 5.74) is 2.33. The lowest BCUT2D eigenvalue weighted by atomic mass is 10.2. The van der Waals surface area contributed by atoms with Crippen LogP contribution in [0.4, 0.5) is 0 Å². The molecule has 0 fully saturated rings. The van der Waals surface area contributed by atoms with E-state index in [4.69, 9.17) is 0 Å². The zero-order valence-electron chi connectivity index (χ0n) is 7.24. The van der Waals surface area contributed by atoms with Crippen molar-refractivity contribution in [1.29, 1.82) is 0 Å². The second-order valence-corrected chi connectivity index (χ2v) is 3.41. The smallest absolute Gasteiger partial charge is 0.0685 e. The SMILES string of the molecule is Cn1ncc2ccc(/C=C/Br)cc21. The molecule has 0 N–H and O–H groups in total. The molecule has 0 bridgehead atoms. The fraction of sp³-hybridized carbons (Fsp3) is 0.100. The summed E-state index contributed by atoms with van der Waals surface area (Å²) in [5.74, 6) is 0. The first kappa shape index (κ1) is 8.51. The molecule has 2 rings (SSSR count). The van der Waals surface area contributed by atoms with Gasteiger partial charge in [0, 0.05) is 12.4 Å². The first-order valence-electron chi connectivity index (χ1n) is 4.00. The van der Waals surface area contributed by atoms with E-state index in [1.807, 2.05) is 29.0 Å². The summed E-state index contributed by atoms with van der Waals surface area (Å²) in [5, 5.41) is 5.35. The van der Waals surface area contributed by atoms with Crippen molar-refractivity contribution < 1.29 is 0 Å². The van der Waals surface area contributed by atoms with Gasteiger partial charge in [0.2, 0.25) is 0 Å². The Bertz CT molecular complexity index is 457. The Hall–Kier alpha value is -1.09. The number of halogens is 1. The maximum absolute atomic E-state index is 4.18. The standard InChI is InChI=1S/C10H9BrN2/c1-13-10-6-8(4-5-11)2-3-9(10)7-12-13/h2-7H,1H3/b5-4+. The molecule has 0 aliphatic rings. The summed E-state index contributed by atoms with van der Waals surface area (Å²) in [6, 6.07) is 6.26. The molecule has 0 amide bonds. The van der Waals surface area contributed by atoms with Gasteiger partial charge in [0.15, 0.2) is 0 Å². The Morgan fingerprint density at radius 1 is 1.46 bits per heavy atom. The van der Waals surface area contributed by atoms with Crippen LogP contribution in [0, 0.1) is 0 Å². The highest BCUT2D eigenvalue weighted by atomic mass is 79.9. The lowest BCUT2D eigenvalue weighted by Gasteiger charge is -1.95. The molecule has 0 atom stereocenters. The van der Waals surface area contributed by atoms with Crippen LogP contribution >= 0.6 is 15.9 Å². The van der Waals surface area contributed by atoms with Gasteiger partial charge in [0.1, 0.15) is 0 Å². The van der Waals surface area contributed by atoms with Gasteiger partial charge in [0.25, 0.3) is 0 Å². The van der Waals surface area contributed by atoms with E-state index >= 15 is 0 Å². The van der Waals surface area contributed by atoms with Gasteiger partial charge in [-0.3, -0.25) is 4.68 Å². The van der Waals surface area contributed by atoms with E-state index in [-0.39, 0.29) is 0 Å². The summed E-state index contributed by atoms with van der Waals surface area (Å²) >= 11 is 3.26. The number of rotatable bonds is 1. The highest BCUT2D eigenvalue weighted by Gasteiger charge is 1.98. The van der Waals surface area contributed by atoms with Gasteiger partial charge in [-0.25, -0.2) is 0 Å². The maximum Gasteiger partial charge on any atom is 0.0685 e. The molecule has 0 radical (unpaired) electrons. The van der Waals surface area contributed by atoms with Crippen LogP contribution in [-0.2, 0) is 7.05 Å². The summed E-state index contributed by atoms with van der Waals surface area (Å²) in [6.45, 7) is 0. The van der Waals surface area contributed by atoms with Gasteiger partial charge in [-0.05, 0) is 22.7 Å². The molecule has 13 heavy (non-hydrogen) atoms. The normalized spacial score (nSPS) is 11.5. The highest BCUT2D eigenvalue weighted by molar-refractivity contribution is 9.11. The minimum absolute atomic E-state index is 1.16. The van der Waals surface area contributed by atoms with Crippen molar-refractivity contribution in [2.75, 3.05) is 0 Å². The second kappa shape index (κ2) is 3.34. The van der Waals surface area contributed by atoms with Crippen molar-refractivity contribution in [1.82, 2.24) is 9.78 Å². The number of aryl methyl sites for hydroxylation is 1. The first-order valence-corrected chi connectivity index (χ1v) is 4.91. The summed E-state index contributed by atoms with van der Waals surface area (Å²) < 4.78 is 1.88. The van der Waals surface area contributed by atoms with Crippen molar-refractivity contribution in [3.63, 3.8) is 0 Å². The molecule has 1 aromatic heterocycles. The van der Waals surface area contributed by atoms with Crippen molar-refractivity contribution in [3.8, 4) is 0 Å². The molecular weight excluding hydrogens is 228 g/mol. The molecule has 0 unspecified atom stereocenters. The number of aromatic nitrogens is 2. The number of benzene rings is 1. The third-order valence-corrected chi connectivity index (χ3v) is 2.29. The number of fused-ring (bicyclic) bond motifs is 1. The molecule has 1 heterocycles. The van der Waals surface area contributed by atoms with E-state index in [0.717, 1.165) is 5.52 Å². The fourth-order valence-electron chi connectivity index (χ4n) is 1.34. The monoisotopic (exact) mass is 236 g/mol. The molecule has 66 valence electrons. The van der Waals surface area contributed by atoms with Crippen molar-refractivity contribution in [2.45, 2.75) is 0 Å². The molecule has 2 nitrogen and oxygen atoms in total. The zero-order valence-corrected chi connectivity index (χ0v) is 8.82. The minimum Gasteiger partial charge on any atom is -0.268 e. The molecular formula is C10H9BrN2. The van der Waals surface area contributed by atoms with E-state index in [9.17, 15) is 0 Å². The lowest BCUT2D eigenvalue weighted by molar-refractivity contribution is 0.797. The average Bonchev–Trinajstić information content (AvgIpc) is 2.49. The lowest BCUT2D eigenvalue weighted by Crippen LogP contribution is -1.88. The van der Waals surface area contributed by atoms with Gasteiger partial charge in [0.05, 0.1) is 11.7 Å². The van der Waals surface area contributed by atoms with Gasteiger partial charge >= 0.3 is 0 Å². The summed E-state index contributed by atoms with van der Waals surface area (Å²) in [6.07, 6.45) is 3.88. The molecule has 0 spiro atoms. The van der Waals surface area contributed by atoms with Crippen LogP contribution in [0.5, 0.6) is 0 Å². The Morgan fingerprint density at radius 2 is 2.31 bits per heavy atom. The maximum atomic E-state index is 4.18. The zero-order chi connectivity index (χ0) is 9.26. The van der Waals surface area contributed by atoms with E-state index < -0.39 is 0 Å². The molecule has 1 aromatic carbocycles. The molecule has 3 heteroatoms. The molecule has 0 aliphatic heterocycles. The summed E-state index contributed by atoms with van der Waals surface area (Å²) in [7, 11) is 1.95. The van der Waals surface area contributed by atoms with E-state index in [1.165, 1.54) is 10.9 Å². The third kappa shape index (κ3) is 1.52. The van der Waals surface area contributed by atoms with Crippen molar-refractivity contribution in [3.05, 3.63) is 34.9 Å². The number of nitrogens with zero attached hydrogens (tertiary/aromatic N) is 2. The highest BCUT2D eigenvalue weighted by Crippen LogP contribution is 2.15. The topological polar surface area (TPSA) is 17.8 Å². The molecule has 2 aromatic rings. The Labute approximate surface area is 85.0 Å². The van der Waals surface area contributed by atoms with E-state index in [1.54, 1.807) is 0 Å². The predicted molar refractivity (Wildman–Crippen MR) is 58.7 cm³/mol. The van der Waals surface area contributed by atoms with Crippen LogP contribution < -0.4 is 0 Å². The van der Waals surface area contributed by atoms with Gasteiger partial charge in [-0.15, -0.1) is 0 Å². The van der Waals surface area contributed by atoms with Crippen LogP contribution in [0.25, 0.3) is 17.0 Å². The quantitative estimate of drug-likeness (QED) is 0.745. The van der Waals surface area contributed by atoms with E-state index in [0.29, 0.717) is 0 Å². The Kier molecular flexibility index (Phi) is 2.19. The van der Waals surface area contributed by atoms with Crippen LogP contribution in [0.1, 0.15) is 5.56 Å². The number of hydrogen-bond acceptors (Lipinski definition) is 1. The number of hydrogen-bond donors (Lipinski definition) is 0. The Balaban J connectivity index is 2.65. The van der Waals surface area contributed by atoms with Crippen molar-refractivity contribution >= 4 is 32.9 Å². The fourth-order valence-corrected chi connectivity index (χ4v) is 1.64. The van der Waals surface area contributed by atoms with Gasteiger partial charge in [-0.2, -0.15) is 5.10 Å². The minimum atomic E-state index is 1.16. The first-order chi connectivity index (χ1) is 6.31. The predicted octanol–water partition coefficient (Wildman–Crippen LogP) is 2.94. The Morgan fingerprint density at radius 3 is 3.08 bits per heavy atom. The van der Waals surface area contributed by atoms with Crippen LogP contribution in [0.3, 0.4) is 0 Å². The van der Waals surface area contributed by atoms with Gasteiger partial charge in [-0.1, -0.05) is 28.1 Å². The van der Waals surface area contributed by atoms with Crippen LogP contribution in [-0.4, -0.2) is 9.78 Å². The van der Waals surface area contributed by atoms with E-state index in [2.05, 4.69) is 39.2 Å². The molecule has 0 aliphatic carbocycles. The van der Waals surface area contributed by atoms with Crippen LogP contribution in [0.2, 0.25) is 0 Å².